The first-order chi connectivity index (χ1) is 14.0. The third-order valence-electron chi connectivity index (χ3n) is 5.88. The molecule has 2 aliphatic heterocycles. The minimum atomic E-state index is -1.78. The third kappa shape index (κ3) is 3.44. The summed E-state index contributed by atoms with van der Waals surface area (Å²) < 4.78 is 51.9. The Morgan fingerprint density at radius 1 is 1.21 bits per heavy atom. The molecule has 2 saturated heterocycles. The van der Waals surface area contributed by atoms with Crippen molar-refractivity contribution in [2.75, 3.05) is 27.4 Å². The van der Waals surface area contributed by atoms with E-state index in [1.54, 1.807) is 42.8 Å². The first-order valence-corrected chi connectivity index (χ1v) is 10.4. The van der Waals surface area contributed by atoms with Gasteiger partial charge in [0.2, 0.25) is 11.3 Å². The molecule has 2 aliphatic rings. The van der Waals surface area contributed by atoms with Gasteiger partial charge in [0.15, 0.2) is 0 Å². The summed E-state index contributed by atoms with van der Waals surface area (Å²) in [6.07, 6.45) is -0.352. The van der Waals surface area contributed by atoms with Crippen molar-refractivity contribution in [3.05, 3.63) is 59.4 Å². The lowest BCUT2D eigenvalue weighted by molar-refractivity contribution is 0.0110. The van der Waals surface area contributed by atoms with Gasteiger partial charge in [-0.2, -0.15) is 4.31 Å². The van der Waals surface area contributed by atoms with Gasteiger partial charge in [-0.3, -0.25) is 4.18 Å². The van der Waals surface area contributed by atoms with E-state index in [1.165, 1.54) is 6.07 Å². The van der Waals surface area contributed by atoms with Crippen LogP contribution in [0.4, 0.5) is 4.39 Å². The normalized spacial score (nSPS) is 29.4. The van der Waals surface area contributed by atoms with Crippen LogP contribution in [0.2, 0.25) is 0 Å². The summed E-state index contributed by atoms with van der Waals surface area (Å²) in [4.78, 5) is 0. The lowest BCUT2D eigenvalue weighted by Gasteiger charge is -2.49. The maximum atomic E-state index is 14.9. The Morgan fingerprint density at radius 3 is 2.72 bits per heavy atom. The van der Waals surface area contributed by atoms with E-state index in [2.05, 4.69) is 0 Å². The molecule has 4 atom stereocenters. The van der Waals surface area contributed by atoms with Gasteiger partial charge in [-0.05, 0) is 19.1 Å². The number of ether oxygens (including phenoxy) is 3. The predicted octanol–water partition coefficient (Wildman–Crippen LogP) is 3.18. The van der Waals surface area contributed by atoms with Crippen LogP contribution >= 0.6 is 0 Å². The smallest absolute Gasteiger partial charge is 0.238 e. The number of fused-ring (bicyclic) bond motifs is 1. The van der Waals surface area contributed by atoms with Crippen molar-refractivity contribution >= 4 is 11.3 Å². The Bertz CT molecular complexity index is 926. The summed E-state index contributed by atoms with van der Waals surface area (Å²) in [7, 11) is 3.15. The molecule has 2 aromatic carbocycles. The van der Waals surface area contributed by atoms with Crippen molar-refractivity contribution in [2.45, 2.75) is 25.1 Å². The number of benzene rings is 2. The molecule has 1 unspecified atom stereocenters. The Balaban J connectivity index is 1.80. The highest BCUT2D eigenvalue weighted by Gasteiger charge is 2.56. The zero-order valence-electron chi connectivity index (χ0n) is 16.6. The molecule has 0 bridgehead atoms. The molecule has 8 heteroatoms. The minimum absolute atomic E-state index is 0.165. The molecule has 0 aromatic heterocycles. The van der Waals surface area contributed by atoms with E-state index in [1.807, 2.05) is 19.1 Å². The number of rotatable bonds is 5. The van der Waals surface area contributed by atoms with Gasteiger partial charge in [-0.1, -0.05) is 24.3 Å². The lowest BCUT2D eigenvalue weighted by Crippen LogP contribution is -2.58. The van der Waals surface area contributed by atoms with Crippen molar-refractivity contribution < 1.29 is 27.0 Å². The molecule has 0 spiro atoms. The lowest BCUT2D eigenvalue weighted by atomic mass is 9.77. The molecule has 6 nitrogen and oxygen atoms in total. The fourth-order valence-electron chi connectivity index (χ4n) is 4.21. The highest BCUT2D eigenvalue weighted by molar-refractivity contribution is 7.77. The highest BCUT2D eigenvalue weighted by Crippen LogP contribution is 2.47. The number of hydrogen-bond acceptors (Lipinski definition) is 5. The van der Waals surface area contributed by atoms with Crippen LogP contribution in [0.5, 0.6) is 11.5 Å². The standard InChI is InChI=1S/C21H24FNO5S/c1-21(16-6-4-5-7-18(16)22)17-12-27-13-20(17)28-29(24)23(21)11-14-8-9-15(25-2)10-19(14)26-3/h4-10,17,20H,11-13H2,1-3H3/t17-,20+,21+,29?/m0/s1. The molecule has 0 aliphatic carbocycles. The van der Waals surface area contributed by atoms with E-state index in [4.69, 9.17) is 18.4 Å². The summed E-state index contributed by atoms with van der Waals surface area (Å²) in [6, 6.07) is 12.0. The van der Waals surface area contributed by atoms with Gasteiger partial charge in [0.25, 0.3) is 0 Å². The second-order valence-electron chi connectivity index (χ2n) is 7.34. The fraction of sp³-hybridized carbons (Fsp3) is 0.429. The largest absolute Gasteiger partial charge is 0.497 e. The quantitative estimate of drug-likeness (QED) is 0.742. The van der Waals surface area contributed by atoms with Gasteiger partial charge < -0.3 is 14.2 Å². The molecule has 156 valence electrons. The van der Waals surface area contributed by atoms with E-state index in [0.717, 1.165) is 5.56 Å². The molecular formula is C21H24FNO5S. The van der Waals surface area contributed by atoms with Gasteiger partial charge in [-0.25, -0.2) is 8.60 Å². The summed E-state index contributed by atoms with van der Waals surface area (Å²) in [5.41, 5.74) is 0.385. The fourth-order valence-corrected chi connectivity index (χ4v) is 5.50. The van der Waals surface area contributed by atoms with Crippen LogP contribution in [0.1, 0.15) is 18.1 Å². The topological polar surface area (TPSA) is 57.2 Å². The second-order valence-corrected chi connectivity index (χ2v) is 8.40. The molecule has 0 N–H and O–H groups in total. The van der Waals surface area contributed by atoms with Crippen LogP contribution < -0.4 is 9.47 Å². The molecule has 2 fully saturated rings. The van der Waals surface area contributed by atoms with Crippen molar-refractivity contribution in [3.63, 3.8) is 0 Å². The molecular weight excluding hydrogens is 397 g/mol. The first kappa shape index (κ1) is 20.3. The molecule has 0 amide bonds. The molecule has 2 aromatic rings. The zero-order chi connectivity index (χ0) is 20.6. The SMILES string of the molecule is COc1ccc(CN2S(=O)O[C@@H]3COC[C@@H]3[C@@]2(C)c2ccccc2F)c(OC)c1. The van der Waals surface area contributed by atoms with Crippen LogP contribution in [-0.2, 0) is 32.3 Å². The Labute approximate surface area is 172 Å². The maximum absolute atomic E-state index is 14.9. The number of nitrogens with zero attached hydrogens (tertiary/aromatic N) is 1. The molecule has 0 radical (unpaired) electrons. The summed E-state index contributed by atoms with van der Waals surface area (Å²) in [5.74, 6) is 0.748. The van der Waals surface area contributed by atoms with Gasteiger partial charge in [-0.15, -0.1) is 0 Å². The molecule has 0 saturated carbocycles. The summed E-state index contributed by atoms with van der Waals surface area (Å²) in [6.45, 7) is 2.91. The average Bonchev–Trinajstić information content (AvgIpc) is 3.20. The van der Waals surface area contributed by atoms with Gasteiger partial charge in [0, 0.05) is 29.7 Å². The monoisotopic (exact) mass is 421 g/mol. The number of halogens is 1. The summed E-state index contributed by atoms with van der Waals surface area (Å²) in [5, 5.41) is 0. The van der Waals surface area contributed by atoms with E-state index < -0.39 is 16.8 Å². The second kappa shape index (κ2) is 8.02. The molecule has 4 rings (SSSR count). The molecule has 29 heavy (non-hydrogen) atoms. The van der Waals surface area contributed by atoms with Crippen molar-refractivity contribution in [2.24, 2.45) is 5.92 Å². The van der Waals surface area contributed by atoms with Gasteiger partial charge >= 0.3 is 0 Å². The van der Waals surface area contributed by atoms with Crippen molar-refractivity contribution in [1.29, 1.82) is 0 Å². The van der Waals surface area contributed by atoms with Crippen LogP contribution in [0.3, 0.4) is 0 Å². The van der Waals surface area contributed by atoms with E-state index >= 15 is 0 Å². The first-order valence-electron chi connectivity index (χ1n) is 9.39. The van der Waals surface area contributed by atoms with E-state index in [9.17, 15) is 8.60 Å². The van der Waals surface area contributed by atoms with Gasteiger partial charge in [0.1, 0.15) is 23.4 Å². The Morgan fingerprint density at radius 2 is 2.00 bits per heavy atom. The van der Waals surface area contributed by atoms with Gasteiger partial charge in [0.05, 0.1) is 33.0 Å². The number of hydrogen-bond donors (Lipinski definition) is 0. The predicted molar refractivity (Wildman–Crippen MR) is 106 cm³/mol. The molecule has 2 heterocycles. The van der Waals surface area contributed by atoms with Crippen LogP contribution in [-0.4, -0.2) is 42.1 Å². The summed E-state index contributed by atoms with van der Waals surface area (Å²) >= 11 is -1.78. The zero-order valence-corrected chi connectivity index (χ0v) is 17.4. The van der Waals surface area contributed by atoms with Crippen molar-refractivity contribution in [3.8, 4) is 11.5 Å². The maximum Gasteiger partial charge on any atom is 0.238 e. The van der Waals surface area contributed by atoms with Crippen molar-refractivity contribution in [1.82, 2.24) is 4.31 Å². The van der Waals surface area contributed by atoms with E-state index in [-0.39, 0.29) is 24.4 Å². The van der Waals surface area contributed by atoms with Crippen LogP contribution in [0, 0.1) is 11.7 Å². The number of methoxy groups -OCH3 is 2. The average molecular weight is 421 g/mol. The Hall–Kier alpha value is -2.00. The van der Waals surface area contributed by atoms with E-state index in [0.29, 0.717) is 30.3 Å². The third-order valence-corrected chi connectivity index (χ3v) is 7.16. The minimum Gasteiger partial charge on any atom is -0.497 e. The van der Waals surface area contributed by atoms with Crippen LogP contribution in [0.15, 0.2) is 42.5 Å². The highest BCUT2D eigenvalue weighted by atomic mass is 32.2. The Kier molecular flexibility index (Phi) is 5.61. The van der Waals surface area contributed by atoms with Crippen LogP contribution in [0.25, 0.3) is 0 Å².